The van der Waals surface area contributed by atoms with Crippen LogP contribution in [0.2, 0.25) is 0 Å². The molecule has 5 rings (SSSR count). The Kier molecular flexibility index (Phi) is 6.21. The van der Waals surface area contributed by atoms with Gasteiger partial charge in [-0.05, 0) is 93.9 Å². The minimum atomic E-state index is 0.139. The molecule has 0 aliphatic carbocycles. The zero-order valence-electron chi connectivity index (χ0n) is 17.8. The number of aliphatic imine (C=N–C) groups is 1. The van der Waals surface area contributed by atoms with Gasteiger partial charge < -0.3 is 5.11 Å². The standard InChI is InChI=1S/C28H22IN3O/c29-26-12-5-4-11-25(26)28-18-27(31-32(28)23-9-2-1-3-10-23)21-7-6-8-22(17-21)30-19-20-13-15-24(33)16-14-20/h1-17,19,28,33H,18H2. The van der Waals surface area contributed by atoms with Crippen LogP contribution < -0.4 is 5.01 Å². The van der Waals surface area contributed by atoms with Crippen molar-refractivity contribution >= 4 is 45.9 Å². The summed E-state index contributed by atoms with van der Waals surface area (Å²) in [6.45, 7) is 0. The quantitative estimate of drug-likeness (QED) is 0.216. The molecule has 1 N–H and O–H groups in total. The van der Waals surface area contributed by atoms with E-state index in [1.807, 2.05) is 30.3 Å². The smallest absolute Gasteiger partial charge is 0.115 e. The topological polar surface area (TPSA) is 48.2 Å². The molecule has 1 aliphatic rings. The Balaban J connectivity index is 1.47. The van der Waals surface area contributed by atoms with Crippen LogP contribution in [0.5, 0.6) is 5.75 Å². The van der Waals surface area contributed by atoms with Gasteiger partial charge in [0.15, 0.2) is 0 Å². The number of phenolic OH excluding ortho intramolecular Hbond substituents is 1. The summed E-state index contributed by atoms with van der Waals surface area (Å²) >= 11 is 2.41. The molecule has 0 bridgehead atoms. The average molecular weight is 543 g/mol. The number of hydrazone groups is 1. The maximum atomic E-state index is 9.46. The number of benzene rings is 4. The lowest BCUT2D eigenvalue weighted by molar-refractivity contribution is 0.475. The van der Waals surface area contributed by atoms with Crippen LogP contribution in [-0.4, -0.2) is 17.0 Å². The Hall–Kier alpha value is -3.45. The summed E-state index contributed by atoms with van der Waals surface area (Å²) in [7, 11) is 0. The van der Waals surface area contributed by atoms with E-state index in [-0.39, 0.29) is 11.8 Å². The summed E-state index contributed by atoms with van der Waals surface area (Å²) < 4.78 is 1.24. The van der Waals surface area contributed by atoms with Gasteiger partial charge in [0.05, 0.1) is 23.1 Å². The Morgan fingerprint density at radius 2 is 1.64 bits per heavy atom. The molecule has 1 atom stereocenters. The molecule has 4 aromatic carbocycles. The van der Waals surface area contributed by atoms with Crippen LogP contribution in [0.4, 0.5) is 11.4 Å². The summed E-state index contributed by atoms with van der Waals surface area (Å²) in [4.78, 5) is 4.63. The molecule has 33 heavy (non-hydrogen) atoms. The summed E-state index contributed by atoms with van der Waals surface area (Å²) in [5, 5.41) is 16.7. The van der Waals surface area contributed by atoms with E-state index in [4.69, 9.17) is 5.10 Å². The summed E-state index contributed by atoms with van der Waals surface area (Å²) in [5.74, 6) is 0.249. The molecule has 4 aromatic rings. The molecule has 0 amide bonds. The second-order valence-electron chi connectivity index (χ2n) is 7.87. The van der Waals surface area contributed by atoms with Crippen molar-refractivity contribution in [3.8, 4) is 5.75 Å². The van der Waals surface area contributed by atoms with Crippen LogP contribution >= 0.6 is 22.6 Å². The Morgan fingerprint density at radius 1 is 0.879 bits per heavy atom. The molecule has 0 fully saturated rings. The van der Waals surface area contributed by atoms with Gasteiger partial charge in [0.1, 0.15) is 5.75 Å². The fourth-order valence-corrected chi connectivity index (χ4v) is 4.71. The first-order valence-corrected chi connectivity index (χ1v) is 11.8. The van der Waals surface area contributed by atoms with Crippen molar-refractivity contribution < 1.29 is 5.11 Å². The Morgan fingerprint density at radius 3 is 2.42 bits per heavy atom. The van der Waals surface area contributed by atoms with Gasteiger partial charge in [0.25, 0.3) is 0 Å². The third-order valence-corrected chi connectivity index (χ3v) is 6.61. The van der Waals surface area contributed by atoms with Crippen molar-refractivity contribution in [3.63, 3.8) is 0 Å². The maximum Gasteiger partial charge on any atom is 0.115 e. The third kappa shape index (κ3) is 4.83. The van der Waals surface area contributed by atoms with E-state index in [2.05, 4.69) is 93.3 Å². The van der Waals surface area contributed by atoms with Gasteiger partial charge >= 0.3 is 0 Å². The van der Waals surface area contributed by atoms with Crippen molar-refractivity contribution in [2.75, 3.05) is 5.01 Å². The molecule has 0 saturated heterocycles. The number of anilines is 1. The van der Waals surface area contributed by atoms with Crippen molar-refractivity contribution in [3.05, 3.63) is 123 Å². The number of rotatable bonds is 5. The second kappa shape index (κ2) is 9.58. The minimum Gasteiger partial charge on any atom is -0.508 e. The van der Waals surface area contributed by atoms with E-state index < -0.39 is 0 Å². The van der Waals surface area contributed by atoms with Crippen LogP contribution in [0, 0.1) is 3.57 Å². The first-order valence-electron chi connectivity index (χ1n) is 10.8. The van der Waals surface area contributed by atoms with Crippen LogP contribution in [0.3, 0.4) is 0 Å². The molecular formula is C28H22IN3O. The molecular weight excluding hydrogens is 521 g/mol. The predicted octanol–water partition coefficient (Wildman–Crippen LogP) is 7.10. The second-order valence-corrected chi connectivity index (χ2v) is 9.03. The fourth-order valence-electron chi connectivity index (χ4n) is 3.97. The molecule has 0 aromatic heterocycles. The van der Waals surface area contributed by atoms with Gasteiger partial charge in [-0.1, -0.05) is 48.5 Å². The third-order valence-electron chi connectivity index (χ3n) is 5.63. The number of phenols is 1. The van der Waals surface area contributed by atoms with E-state index in [0.717, 1.165) is 34.6 Å². The first-order chi connectivity index (χ1) is 16.2. The van der Waals surface area contributed by atoms with Gasteiger partial charge in [0, 0.05) is 16.2 Å². The maximum absolute atomic E-state index is 9.46. The van der Waals surface area contributed by atoms with Crippen molar-refractivity contribution in [2.24, 2.45) is 10.1 Å². The van der Waals surface area contributed by atoms with Crippen molar-refractivity contribution in [1.29, 1.82) is 0 Å². The summed E-state index contributed by atoms with van der Waals surface area (Å²) in [6, 6.07) is 34.2. The Labute approximate surface area is 207 Å². The summed E-state index contributed by atoms with van der Waals surface area (Å²) in [5.41, 5.74) is 6.29. The van der Waals surface area contributed by atoms with Gasteiger partial charge in [-0.15, -0.1) is 0 Å². The monoisotopic (exact) mass is 543 g/mol. The van der Waals surface area contributed by atoms with E-state index in [1.54, 1.807) is 18.3 Å². The molecule has 0 spiro atoms. The highest BCUT2D eigenvalue weighted by Gasteiger charge is 2.31. The molecule has 0 radical (unpaired) electrons. The Bertz CT molecular complexity index is 1320. The molecule has 1 heterocycles. The van der Waals surface area contributed by atoms with Crippen molar-refractivity contribution in [2.45, 2.75) is 12.5 Å². The highest BCUT2D eigenvalue weighted by Crippen LogP contribution is 2.38. The zero-order chi connectivity index (χ0) is 22.6. The van der Waals surface area contributed by atoms with Crippen LogP contribution in [0.25, 0.3) is 0 Å². The predicted molar refractivity (Wildman–Crippen MR) is 144 cm³/mol. The largest absolute Gasteiger partial charge is 0.508 e. The molecule has 0 saturated carbocycles. The highest BCUT2D eigenvalue weighted by molar-refractivity contribution is 14.1. The van der Waals surface area contributed by atoms with Crippen LogP contribution in [0.15, 0.2) is 113 Å². The zero-order valence-corrected chi connectivity index (χ0v) is 20.0. The number of hydrogen-bond donors (Lipinski definition) is 1. The number of hydrogen-bond acceptors (Lipinski definition) is 4. The lowest BCUT2D eigenvalue weighted by atomic mass is 9.98. The lowest BCUT2D eigenvalue weighted by Crippen LogP contribution is -2.19. The first kappa shape index (κ1) is 21.4. The lowest BCUT2D eigenvalue weighted by Gasteiger charge is -2.24. The SMILES string of the molecule is Oc1ccc(C=Nc2cccc(C3=NN(c4ccccc4)C(c4ccccc4I)C3)c2)cc1. The summed E-state index contributed by atoms with van der Waals surface area (Å²) in [6.07, 6.45) is 2.63. The van der Waals surface area contributed by atoms with Crippen LogP contribution in [0.1, 0.15) is 29.2 Å². The number of halogens is 1. The van der Waals surface area contributed by atoms with Crippen molar-refractivity contribution in [1.82, 2.24) is 0 Å². The van der Waals surface area contributed by atoms with E-state index in [0.29, 0.717) is 0 Å². The van der Waals surface area contributed by atoms with Gasteiger partial charge in [-0.2, -0.15) is 5.10 Å². The van der Waals surface area contributed by atoms with E-state index in [9.17, 15) is 5.11 Å². The highest BCUT2D eigenvalue weighted by atomic mass is 127. The van der Waals surface area contributed by atoms with E-state index in [1.165, 1.54) is 9.13 Å². The normalized spacial score (nSPS) is 15.7. The molecule has 1 aliphatic heterocycles. The van der Waals surface area contributed by atoms with Crippen LogP contribution in [-0.2, 0) is 0 Å². The minimum absolute atomic E-state index is 0.139. The molecule has 4 nitrogen and oxygen atoms in total. The fraction of sp³-hybridized carbons (Fsp3) is 0.0714. The molecule has 1 unspecified atom stereocenters. The van der Waals surface area contributed by atoms with Gasteiger partial charge in [0.2, 0.25) is 0 Å². The molecule has 162 valence electrons. The van der Waals surface area contributed by atoms with Gasteiger partial charge in [-0.3, -0.25) is 10.0 Å². The van der Waals surface area contributed by atoms with E-state index >= 15 is 0 Å². The average Bonchev–Trinajstić information content (AvgIpc) is 3.30. The number of aromatic hydroxyl groups is 1. The molecule has 5 heteroatoms. The van der Waals surface area contributed by atoms with Gasteiger partial charge in [-0.25, -0.2) is 0 Å². The number of nitrogens with zero attached hydrogens (tertiary/aromatic N) is 3. The number of para-hydroxylation sites is 1.